The van der Waals surface area contributed by atoms with Gasteiger partial charge in [-0.1, -0.05) is 23.7 Å². The van der Waals surface area contributed by atoms with Crippen molar-refractivity contribution >= 4 is 11.6 Å². The van der Waals surface area contributed by atoms with Crippen LogP contribution in [0.4, 0.5) is 0 Å². The molecular formula is C18H23ClN2O2. The van der Waals surface area contributed by atoms with E-state index in [1.54, 1.807) is 0 Å². The first-order valence-corrected chi connectivity index (χ1v) is 8.48. The molecule has 0 bridgehead atoms. The summed E-state index contributed by atoms with van der Waals surface area (Å²) in [5.41, 5.74) is 2.30. The summed E-state index contributed by atoms with van der Waals surface area (Å²) in [6, 6.07) is 12.1. The van der Waals surface area contributed by atoms with Crippen molar-refractivity contribution in [2.45, 2.75) is 31.6 Å². The molecule has 2 atom stereocenters. The number of hydrogen-bond donors (Lipinski definition) is 2. The van der Waals surface area contributed by atoms with Crippen molar-refractivity contribution in [2.24, 2.45) is 0 Å². The molecule has 1 aromatic carbocycles. The maximum Gasteiger partial charge on any atom is 0.0900 e. The number of ether oxygens (including phenoxy) is 1. The molecule has 23 heavy (non-hydrogen) atoms. The van der Waals surface area contributed by atoms with Crippen LogP contribution in [0.1, 0.15) is 30.1 Å². The molecule has 0 saturated carbocycles. The second-order valence-corrected chi connectivity index (χ2v) is 6.51. The third-order valence-electron chi connectivity index (χ3n) is 4.28. The number of halogens is 1. The zero-order chi connectivity index (χ0) is 16.1. The monoisotopic (exact) mass is 334 g/mol. The van der Waals surface area contributed by atoms with Gasteiger partial charge in [0.15, 0.2) is 0 Å². The largest absolute Gasteiger partial charge is 0.389 e. The Labute approximate surface area is 142 Å². The normalized spacial score (nSPS) is 20.0. The summed E-state index contributed by atoms with van der Waals surface area (Å²) >= 11 is 5.86. The van der Waals surface area contributed by atoms with E-state index in [1.165, 1.54) is 12.1 Å². The third-order valence-corrected chi connectivity index (χ3v) is 4.53. The van der Waals surface area contributed by atoms with Gasteiger partial charge < -0.3 is 14.8 Å². The van der Waals surface area contributed by atoms with Gasteiger partial charge >= 0.3 is 0 Å². The van der Waals surface area contributed by atoms with E-state index < -0.39 is 6.10 Å². The second-order valence-electron chi connectivity index (χ2n) is 6.07. The lowest BCUT2D eigenvalue weighted by Crippen LogP contribution is -2.34. The van der Waals surface area contributed by atoms with Crippen LogP contribution < -0.4 is 0 Å². The lowest BCUT2D eigenvalue weighted by atomic mass is 10.1. The van der Waals surface area contributed by atoms with Gasteiger partial charge in [-0.25, -0.2) is 0 Å². The van der Waals surface area contributed by atoms with Crippen LogP contribution in [0.25, 0.3) is 0 Å². The Morgan fingerprint density at radius 1 is 1.30 bits per heavy atom. The second kappa shape index (κ2) is 7.97. The van der Waals surface area contributed by atoms with Gasteiger partial charge in [0, 0.05) is 29.5 Å². The van der Waals surface area contributed by atoms with E-state index in [1.807, 2.05) is 36.5 Å². The molecule has 1 aromatic heterocycles. The smallest absolute Gasteiger partial charge is 0.0900 e. The maximum atomic E-state index is 10.2. The molecule has 2 heterocycles. The fourth-order valence-electron chi connectivity index (χ4n) is 3.17. The number of aromatic nitrogens is 1. The number of H-pyrrole nitrogens is 1. The number of rotatable bonds is 7. The van der Waals surface area contributed by atoms with Gasteiger partial charge in [-0.3, -0.25) is 4.90 Å². The van der Waals surface area contributed by atoms with Crippen molar-refractivity contribution in [1.29, 1.82) is 0 Å². The summed E-state index contributed by atoms with van der Waals surface area (Å²) in [7, 11) is 0. The number of benzene rings is 1. The predicted molar refractivity (Wildman–Crippen MR) is 91.5 cm³/mol. The SMILES string of the molecule is OC(COCc1ccc(Cl)cc1)CN1CCCC1c1ccc[nH]1. The van der Waals surface area contributed by atoms with Crippen LogP contribution in [0.15, 0.2) is 42.6 Å². The van der Waals surface area contributed by atoms with Crippen molar-refractivity contribution in [1.82, 2.24) is 9.88 Å². The van der Waals surface area contributed by atoms with Gasteiger partial charge in [0.2, 0.25) is 0 Å². The highest BCUT2D eigenvalue weighted by atomic mass is 35.5. The minimum Gasteiger partial charge on any atom is -0.389 e. The predicted octanol–water partition coefficient (Wildman–Crippen LogP) is 3.38. The summed E-state index contributed by atoms with van der Waals surface area (Å²) in [4.78, 5) is 5.62. The molecule has 124 valence electrons. The molecule has 2 aromatic rings. The van der Waals surface area contributed by atoms with Crippen LogP contribution >= 0.6 is 11.6 Å². The third kappa shape index (κ3) is 4.58. The van der Waals surface area contributed by atoms with Crippen LogP contribution in [0.2, 0.25) is 5.02 Å². The fraction of sp³-hybridized carbons (Fsp3) is 0.444. The molecule has 1 fully saturated rings. The highest BCUT2D eigenvalue weighted by molar-refractivity contribution is 6.30. The summed E-state index contributed by atoms with van der Waals surface area (Å²) < 4.78 is 5.63. The van der Waals surface area contributed by atoms with Crippen LogP contribution in [-0.4, -0.2) is 40.8 Å². The number of nitrogens with zero attached hydrogens (tertiary/aromatic N) is 1. The van der Waals surface area contributed by atoms with Crippen LogP contribution in [0.5, 0.6) is 0 Å². The molecule has 1 aliphatic heterocycles. The molecule has 1 saturated heterocycles. The van der Waals surface area contributed by atoms with E-state index in [4.69, 9.17) is 16.3 Å². The molecule has 0 spiro atoms. The lowest BCUT2D eigenvalue weighted by molar-refractivity contribution is 0.00751. The van der Waals surface area contributed by atoms with E-state index in [9.17, 15) is 5.11 Å². The number of likely N-dealkylation sites (tertiary alicyclic amines) is 1. The van der Waals surface area contributed by atoms with Crippen LogP contribution in [0.3, 0.4) is 0 Å². The minimum absolute atomic E-state index is 0.344. The first kappa shape index (κ1) is 16.5. The van der Waals surface area contributed by atoms with Gasteiger partial charge in [0.1, 0.15) is 0 Å². The fourth-order valence-corrected chi connectivity index (χ4v) is 3.29. The number of aliphatic hydroxyl groups is 1. The molecule has 0 radical (unpaired) electrons. The number of aliphatic hydroxyl groups excluding tert-OH is 1. The first-order chi connectivity index (χ1) is 11.2. The standard InChI is InChI=1S/C18H23ClN2O2/c19-15-7-5-14(6-8-15)12-23-13-16(22)11-21-10-2-4-18(21)17-3-1-9-20-17/h1,3,5-9,16,18,20,22H,2,4,10-13H2. The molecule has 1 aliphatic rings. The highest BCUT2D eigenvalue weighted by Gasteiger charge is 2.28. The zero-order valence-electron chi connectivity index (χ0n) is 13.1. The molecule has 5 heteroatoms. The zero-order valence-corrected chi connectivity index (χ0v) is 13.9. The Morgan fingerprint density at radius 2 is 2.13 bits per heavy atom. The molecule has 2 unspecified atom stereocenters. The van der Waals surface area contributed by atoms with E-state index in [2.05, 4.69) is 16.0 Å². The average molecular weight is 335 g/mol. The molecule has 0 amide bonds. The van der Waals surface area contributed by atoms with Crippen molar-refractivity contribution in [3.63, 3.8) is 0 Å². The van der Waals surface area contributed by atoms with Crippen LogP contribution in [-0.2, 0) is 11.3 Å². The Hall–Kier alpha value is -1.33. The topological polar surface area (TPSA) is 48.5 Å². The van der Waals surface area contributed by atoms with Gasteiger partial charge in [-0.15, -0.1) is 0 Å². The number of nitrogens with one attached hydrogen (secondary N) is 1. The molecule has 4 nitrogen and oxygen atoms in total. The molecular weight excluding hydrogens is 312 g/mol. The van der Waals surface area contributed by atoms with E-state index in [-0.39, 0.29) is 0 Å². The van der Waals surface area contributed by atoms with E-state index in [0.29, 0.717) is 25.8 Å². The van der Waals surface area contributed by atoms with Crippen molar-refractivity contribution in [3.8, 4) is 0 Å². The van der Waals surface area contributed by atoms with Crippen LogP contribution in [0, 0.1) is 0 Å². The van der Waals surface area contributed by atoms with Gasteiger partial charge in [0.25, 0.3) is 0 Å². The van der Waals surface area contributed by atoms with Gasteiger partial charge in [-0.05, 0) is 49.2 Å². The number of hydrogen-bond acceptors (Lipinski definition) is 3. The van der Waals surface area contributed by atoms with Gasteiger partial charge in [0.05, 0.1) is 19.3 Å². The number of β-amino-alcohol motifs (C(OH)–C–C–N with tert-alkyl or cyclic N) is 1. The molecule has 0 aliphatic carbocycles. The Kier molecular flexibility index (Phi) is 5.73. The van der Waals surface area contributed by atoms with E-state index in [0.717, 1.165) is 23.6 Å². The Bertz CT molecular complexity index is 586. The number of aromatic amines is 1. The summed E-state index contributed by atoms with van der Waals surface area (Å²) in [6.45, 7) is 2.51. The van der Waals surface area contributed by atoms with Crippen molar-refractivity contribution in [2.75, 3.05) is 19.7 Å². The Balaban J connectivity index is 1.43. The average Bonchev–Trinajstić information content (AvgIpc) is 3.20. The molecule has 2 N–H and O–H groups in total. The van der Waals surface area contributed by atoms with Crippen molar-refractivity contribution < 1.29 is 9.84 Å². The first-order valence-electron chi connectivity index (χ1n) is 8.10. The molecule has 3 rings (SSSR count). The van der Waals surface area contributed by atoms with Crippen molar-refractivity contribution in [3.05, 3.63) is 58.9 Å². The van der Waals surface area contributed by atoms with Gasteiger partial charge in [-0.2, -0.15) is 0 Å². The lowest BCUT2D eigenvalue weighted by Gasteiger charge is -2.26. The Morgan fingerprint density at radius 3 is 2.87 bits per heavy atom. The summed E-state index contributed by atoms with van der Waals surface area (Å²) in [6.07, 6.45) is 3.79. The highest BCUT2D eigenvalue weighted by Crippen LogP contribution is 2.30. The summed E-state index contributed by atoms with van der Waals surface area (Å²) in [5.74, 6) is 0. The van der Waals surface area contributed by atoms with E-state index >= 15 is 0 Å². The maximum absolute atomic E-state index is 10.2. The summed E-state index contributed by atoms with van der Waals surface area (Å²) in [5, 5.41) is 11.0. The quantitative estimate of drug-likeness (QED) is 0.816. The minimum atomic E-state index is -0.474.